The third-order valence-electron chi connectivity index (χ3n) is 3.94. The van der Waals surface area contributed by atoms with Crippen molar-refractivity contribution in [2.45, 2.75) is 31.8 Å². The number of halogens is 2. The van der Waals surface area contributed by atoms with E-state index in [4.69, 9.17) is 11.6 Å². The first-order valence-corrected chi connectivity index (χ1v) is 7.28. The highest BCUT2D eigenvalue weighted by atomic mass is 35.5. The average Bonchev–Trinajstić information content (AvgIpc) is 2.80. The van der Waals surface area contributed by atoms with E-state index in [1.54, 1.807) is 12.1 Å². The van der Waals surface area contributed by atoms with Crippen LogP contribution in [0.5, 0.6) is 0 Å². The molecule has 0 fully saturated rings. The standard InChI is InChI=1S/C17H17ClFN/c1-11(12-3-2-4-16(19)8-12)20-17-9-13-5-6-15(18)7-14(13)10-17/h2-8,11,17,20H,9-10H2,1H3/t11-,17?/m1/s1. The molecule has 1 unspecified atom stereocenters. The first-order valence-electron chi connectivity index (χ1n) is 6.90. The molecule has 1 nitrogen and oxygen atoms in total. The Morgan fingerprint density at radius 3 is 2.75 bits per heavy atom. The highest BCUT2D eigenvalue weighted by molar-refractivity contribution is 6.30. The van der Waals surface area contributed by atoms with Crippen molar-refractivity contribution in [1.82, 2.24) is 5.32 Å². The summed E-state index contributed by atoms with van der Waals surface area (Å²) < 4.78 is 13.3. The lowest BCUT2D eigenvalue weighted by Crippen LogP contribution is -2.32. The van der Waals surface area contributed by atoms with E-state index in [9.17, 15) is 4.39 Å². The predicted molar refractivity (Wildman–Crippen MR) is 80.6 cm³/mol. The van der Waals surface area contributed by atoms with Crippen LogP contribution in [0.4, 0.5) is 4.39 Å². The smallest absolute Gasteiger partial charge is 0.123 e. The third-order valence-corrected chi connectivity index (χ3v) is 4.17. The SMILES string of the molecule is C[C@@H](NC1Cc2ccc(Cl)cc2C1)c1cccc(F)c1. The van der Waals surface area contributed by atoms with Gasteiger partial charge in [0.2, 0.25) is 0 Å². The van der Waals surface area contributed by atoms with Crippen LogP contribution in [0.3, 0.4) is 0 Å². The first-order chi connectivity index (χ1) is 9.61. The lowest BCUT2D eigenvalue weighted by Gasteiger charge is -2.19. The number of fused-ring (bicyclic) bond motifs is 1. The molecular formula is C17H17ClFN. The summed E-state index contributed by atoms with van der Waals surface area (Å²) in [4.78, 5) is 0. The zero-order valence-electron chi connectivity index (χ0n) is 11.4. The molecule has 1 aliphatic rings. The maximum absolute atomic E-state index is 13.3. The van der Waals surface area contributed by atoms with Crippen molar-refractivity contribution in [3.05, 3.63) is 70.0 Å². The molecule has 0 aliphatic heterocycles. The van der Waals surface area contributed by atoms with E-state index in [0.29, 0.717) is 6.04 Å². The van der Waals surface area contributed by atoms with Crippen LogP contribution in [0.15, 0.2) is 42.5 Å². The highest BCUT2D eigenvalue weighted by Gasteiger charge is 2.23. The van der Waals surface area contributed by atoms with Gasteiger partial charge in [0, 0.05) is 17.1 Å². The molecule has 0 amide bonds. The maximum Gasteiger partial charge on any atom is 0.123 e. The molecule has 0 spiro atoms. The molecule has 2 aromatic rings. The summed E-state index contributed by atoms with van der Waals surface area (Å²) in [5.74, 6) is -0.183. The number of rotatable bonds is 3. The molecule has 20 heavy (non-hydrogen) atoms. The van der Waals surface area contributed by atoms with Gasteiger partial charge in [0.1, 0.15) is 5.82 Å². The zero-order valence-corrected chi connectivity index (χ0v) is 12.1. The van der Waals surface area contributed by atoms with Crippen molar-refractivity contribution in [3.63, 3.8) is 0 Å². The van der Waals surface area contributed by atoms with Gasteiger partial charge in [-0.3, -0.25) is 0 Å². The fourth-order valence-corrected chi connectivity index (χ4v) is 3.12. The van der Waals surface area contributed by atoms with Crippen LogP contribution in [0.25, 0.3) is 0 Å². The minimum atomic E-state index is -0.183. The fourth-order valence-electron chi connectivity index (χ4n) is 2.93. The van der Waals surface area contributed by atoms with Gasteiger partial charge >= 0.3 is 0 Å². The van der Waals surface area contributed by atoms with Crippen LogP contribution in [0.2, 0.25) is 5.02 Å². The fraction of sp³-hybridized carbons (Fsp3) is 0.294. The molecular weight excluding hydrogens is 273 g/mol. The van der Waals surface area contributed by atoms with Crippen molar-refractivity contribution in [3.8, 4) is 0 Å². The van der Waals surface area contributed by atoms with E-state index in [2.05, 4.69) is 18.3 Å². The minimum Gasteiger partial charge on any atom is -0.307 e. The first kappa shape index (κ1) is 13.6. The Morgan fingerprint density at radius 2 is 1.95 bits per heavy atom. The third kappa shape index (κ3) is 2.87. The number of hydrogen-bond donors (Lipinski definition) is 1. The van der Waals surface area contributed by atoms with Gasteiger partial charge in [-0.25, -0.2) is 4.39 Å². The van der Waals surface area contributed by atoms with Crippen LogP contribution in [-0.2, 0) is 12.8 Å². The Morgan fingerprint density at radius 1 is 1.15 bits per heavy atom. The molecule has 0 radical (unpaired) electrons. The van der Waals surface area contributed by atoms with Crippen molar-refractivity contribution in [2.75, 3.05) is 0 Å². The van der Waals surface area contributed by atoms with Crippen molar-refractivity contribution in [2.24, 2.45) is 0 Å². The van der Waals surface area contributed by atoms with Crippen LogP contribution in [0, 0.1) is 5.82 Å². The van der Waals surface area contributed by atoms with Gasteiger partial charge in [-0.2, -0.15) is 0 Å². The molecule has 0 saturated carbocycles. The number of nitrogens with one attached hydrogen (secondary N) is 1. The predicted octanol–water partition coefficient (Wildman–Crippen LogP) is 4.30. The van der Waals surface area contributed by atoms with Gasteiger partial charge < -0.3 is 5.32 Å². The molecule has 1 N–H and O–H groups in total. The second-order valence-corrected chi connectivity index (χ2v) is 5.90. The molecule has 0 heterocycles. The van der Waals surface area contributed by atoms with Crippen molar-refractivity contribution >= 4 is 11.6 Å². The van der Waals surface area contributed by atoms with E-state index >= 15 is 0 Å². The van der Waals surface area contributed by atoms with Gasteiger partial charge in [-0.1, -0.05) is 29.8 Å². The molecule has 2 atom stereocenters. The van der Waals surface area contributed by atoms with Crippen LogP contribution < -0.4 is 5.32 Å². The molecule has 2 aromatic carbocycles. The van der Waals surface area contributed by atoms with Gasteiger partial charge in [0.05, 0.1) is 0 Å². The maximum atomic E-state index is 13.3. The Labute approximate surface area is 123 Å². The van der Waals surface area contributed by atoms with E-state index in [1.807, 2.05) is 18.2 Å². The van der Waals surface area contributed by atoms with Gasteiger partial charge in [0.25, 0.3) is 0 Å². The molecule has 3 heteroatoms. The normalized spacial score (nSPS) is 18.9. The lowest BCUT2D eigenvalue weighted by atomic mass is 10.1. The largest absolute Gasteiger partial charge is 0.307 e. The average molecular weight is 290 g/mol. The molecule has 0 saturated heterocycles. The Balaban J connectivity index is 1.68. The summed E-state index contributed by atoms with van der Waals surface area (Å²) in [6.07, 6.45) is 1.99. The van der Waals surface area contributed by atoms with Crippen molar-refractivity contribution in [1.29, 1.82) is 0 Å². The van der Waals surface area contributed by atoms with E-state index < -0.39 is 0 Å². The summed E-state index contributed by atoms with van der Waals surface area (Å²) in [5.41, 5.74) is 3.67. The van der Waals surface area contributed by atoms with Gasteiger partial charge in [0.15, 0.2) is 0 Å². The van der Waals surface area contributed by atoms with Gasteiger partial charge in [-0.15, -0.1) is 0 Å². The molecule has 0 bridgehead atoms. The molecule has 104 valence electrons. The summed E-state index contributed by atoms with van der Waals surface area (Å²) in [6, 6.07) is 13.4. The summed E-state index contributed by atoms with van der Waals surface area (Å²) in [7, 11) is 0. The minimum absolute atomic E-state index is 0.139. The van der Waals surface area contributed by atoms with E-state index in [-0.39, 0.29) is 11.9 Å². The Bertz CT molecular complexity index is 626. The molecule has 1 aliphatic carbocycles. The van der Waals surface area contributed by atoms with Crippen LogP contribution in [0.1, 0.15) is 29.7 Å². The Kier molecular flexibility index (Phi) is 3.77. The summed E-state index contributed by atoms with van der Waals surface area (Å²) in [5, 5.41) is 4.37. The van der Waals surface area contributed by atoms with Gasteiger partial charge in [-0.05, 0) is 60.7 Å². The molecule has 3 rings (SSSR count). The molecule has 0 aromatic heterocycles. The summed E-state index contributed by atoms with van der Waals surface area (Å²) >= 11 is 6.03. The van der Waals surface area contributed by atoms with Crippen LogP contribution in [-0.4, -0.2) is 6.04 Å². The topological polar surface area (TPSA) is 12.0 Å². The Hall–Kier alpha value is -1.38. The highest BCUT2D eigenvalue weighted by Crippen LogP contribution is 2.27. The van der Waals surface area contributed by atoms with Crippen molar-refractivity contribution < 1.29 is 4.39 Å². The summed E-state index contributed by atoms with van der Waals surface area (Å²) in [6.45, 7) is 2.07. The van der Waals surface area contributed by atoms with E-state index in [0.717, 1.165) is 23.4 Å². The second kappa shape index (κ2) is 5.55. The van der Waals surface area contributed by atoms with Crippen LogP contribution >= 0.6 is 11.6 Å². The number of benzene rings is 2. The zero-order chi connectivity index (χ0) is 14.1. The second-order valence-electron chi connectivity index (χ2n) is 5.46. The number of hydrogen-bond acceptors (Lipinski definition) is 1. The monoisotopic (exact) mass is 289 g/mol. The van der Waals surface area contributed by atoms with E-state index in [1.165, 1.54) is 17.2 Å². The quantitative estimate of drug-likeness (QED) is 0.888. The lowest BCUT2D eigenvalue weighted by molar-refractivity contribution is 0.465.